The molecule has 34 heavy (non-hydrogen) atoms. The summed E-state index contributed by atoms with van der Waals surface area (Å²) >= 11 is 26.4. The lowest BCUT2D eigenvalue weighted by Crippen LogP contribution is -2.22. The molecule has 1 aliphatic rings. The highest BCUT2D eigenvalue weighted by molar-refractivity contribution is 6.40. The minimum absolute atomic E-state index is 0.210. The van der Waals surface area contributed by atoms with Crippen LogP contribution in [-0.4, -0.2) is 14.2 Å². The number of benzene rings is 4. The molecule has 0 amide bonds. The summed E-state index contributed by atoms with van der Waals surface area (Å²) in [5.41, 5.74) is 3.49. The summed E-state index contributed by atoms with van der Waals surface area (Å²) < 4.78 is 10.6. The fourth-order valence-corrected chi connectivity index (χ4v) is 5.67. The number of rotatable bonds is 6. The van der Waals surface area contributed by atoms with Crippen LogP contribution in [0.1, 0.15) is 23.2 Å². The Labute approximate surface area is 217 Å². The van der Waals surface area contributed by atoms with Crippen LogP contribution in [0.5, 0.6) is 11.5 Å². The Morgan fingerprint density at radius 3 is 1.35 bits per heavy atom. The van der Waals surface area contributed by atoms with E-state index in [1.165, 1.54) is 5.39 Å². The number of hydrogen-bond donors (Lipinski definition) is 2. The second-order valence-electron chi connectivity index (χ2n) is 7.97. The average Bonchev–Trinajstić information content (AvgIpc) is 3.12. The second kappa shape index (κ2) is 9.27. The van der Waals surface area contributed by atoms with Crippen LogP contribution in [0.4, 0.5) is 11.4 Å². The number of halogens is 4. The molecule has 8 heteroatoms. The molecule has 2 N–H and O–H groups in total. The lowest BCUT2D eigenvalue weighted by Gasteiger charge is -2.28. The van der Waals surface area contributed by atoms with E-state index in [1.807, 2.05) is 12.1 Å². The van der Waals surface area contributed by atoms with Gasteiger partial charge in [-0.15, -0.1) is 0 Å². The van der Waals surface area contributed by atoms with Crippen molar-refractivity contribution in [2.24, 2.45) is 0 Å². The van der Waals surface area contributed by atoms with Crippen LogP contribution in [0.15, 0.2) is 60.7 Å². The molecule has 0 spiro atoms. The fraction of sp³-hybridized carbons (Fsp3) is 0.154. The van der Waals surface area contributed by atoms with Gasteiger partial charge in [0.15, 0.2) is 0 Å². The minimum Gasteiger partial charge on any atom is -0.497 e. The van der Waals surface area contributed by atoms with Gasteiger partial charge in [0.25, 0.3) is 0 Å². The Morgan fingerprint density at radius 2 is 1.00 bits per heavy atom. The smallest absolute Gasteiger partial charge is 0.121 e. The molecule has 0 saturated carbocycles. The van der Waals surface area contributed by atoms with Gasteiger partial charge in [-0.3, -0.25) is 0 Å². The third kappa shape index (κ3) is 3.99. The molecule has 1 aliphatic carbocycles. The lowest BCUT2D eigenvalue weighted by atomic mass is 10.0. The van der Waals surface area contributed by atoms with Crippen LogP contribution < -0.4 is 20.1 Å². The molecule has 4 aromatic rings. The molecule has 0 saturated heterocycles. The van der Waals surface area contributed by atoms with E-state index in [9.17, 15) is 0 Å². The van der Waals surface area contributed by atoms with E-state index in [-0.39, 0.29) is 12.1 Å². The average molecular weight is 534 g/mol. The van der Waals surface area contributed by atoms with Gasteiger partial charge in [0.05, 0.1) is 57.8 Å². The molecule has 5 rings (SSSR count). The lowest BCUT2D eigenvalue weighted by molar-refractivity contribution is 0.415. The maximum absolute atomic E-state index is 6.59. The van der Waals surface area contributed by atoms with Gasteiger partial charge >= 0.3 is 0 Å². The van der Waals surface area contributed by atoms with Crippen LogP contribution in [-0.2, 0) is 0 Å². The van der Waals surface area contributed by atoms with E-state index >= 15 is 0 Å². The molecule has 4 aromatic carbocycles. The van der Waals surface area contributed by atoms with Crippen molar-refractivity contribution in [2.75, 3.05) is 24.9 Å². The molecule has 0 heterocycles. The minimum atomic E-state index is -0.210. The summed E-state index contributed by atoms with van der Waals surface area (Å²) in [6.45, 7) is 0. The SMILES string of the molecule is COc1cc(Cl)c(NC2c3cccc4cccc(c34)C2Nc2c(Cl)cc(OC)cc2Cl)c(Cl)c1. The van der Waals surface area contributed by atoms with E-state index in [0.717, 1.165) is 16.5 Å². The van der Waals surface area contributed by atoms with E-state index in [4.69, 9.17) is 55.9 Å². The van der Waals surface area contributed by atoms with Crippen molar-refractivity contribution in [1.82, 2.24) is 0 Å². The molecule has 4 nitrogen and oxygen atoms in total. The van der Waals surface area contributed by atoms with E-state index in [0.29, 0.717) is 43.0 Å². The Bertz CT molecular complexity index is 1260. The fourth-order valence-electron chi connectivity index (χ4n) is 4.52. The Kier molecular flexibility index (Phi) is 6.34. The highest BCUT2D eigenvalue weighted by Crippen LogP contribution is 2.50. The summed E-state index contributed by atoms with van der Waals surface area (Å²) in [6.07, 6.45) is 0. The summed E-state index contributed by atoms with van der Waals surface area (Å²) in [5.74, 6) is 1.17. The molecule has 0 aromatic heterocycles. The van der Waals surface area contributed by atoms with Crippen LogP contribution in [0.25, 0.3) is 10.8 Å². The molecule has 174 valence electrons. The second-order valence-corrected chi connectivity index (χ2v) is 9.60. The van der Waals surface area contributed by atoms with E-state index in [1.54, 1.807) is 38.5 Å². The largest absolute Gasteiger partial charge is 0.497 e. The maximum atomic E-state index is 6.59. The highest BCUT2D eigenvalue weighted by atomic mass is 35.5. The molecular weight excluding hydrogens is 514 g/mol. The topological polar surface area (TPSA) is 42.5 Å². The van der Waals surface area contributed by atoms with Gasteiger partial charge in [-0.1, -0.05) is 82.8 Å². The van der Waals surface area contributed by atoms with E-state index in [2.05, 4.69) is 34.9 Å². The normalized spacial score (nSPS) is 16.5. The first-order valence-electron chi connectivity index (χ1n) is 10.5. The molecule has 0 bridgehead atoms. The first-order valence-corrected chi connectivity index (χ1v) is 12.0. The van der Waals surface area contributed by atoms with Gasteiger partial charge in [-0.2, -0.15) is 0 Å². The van der Waals surface area contributed by atoms with Crippen molar-refractivity contribution in [1.29, 1.82) is 0 Å². The van der Waals surface area contributed by atoms with Crippen molar-refractivity contribution in [3.8, 4) is 11.5 Å². The van der Waals surface area contributed by atoms with Gasteiger partial charge in [-0.05, 0) is 21.9 Å². The van der Waals surface area contributed by atoms with Crippen LogP contribution in [0.3, 0.4) is 0 Å². The highest BCUT2D eigenvalue weighted by Gasteiger charge is 2.36. The first-order chi connectivity index (χ1) is 16.4. The van der Waals surface area contributed by atoms with E-state index < -0.39 is 0 Å². The van der Waals surface area contributed by atoms with Crippen LogP contribution >= 0.6 is 46.4 Å². The molecule has 0 radical (unpaired) electrons. The molecule has 2 atom stereocenters. The predicted molar refractivity (Wildman–Crippen MR) is 143 cm³/mol. The Hall–Kier alpha value is -2.50. The predicted octanol–water partition coefficient (Wildman–Crippen LogP) is 8.79. The number of ether oxygens (including phenoxy) is 2. The van der Waals surface area contributed by atoms with Gasteiger partial charge in [0.2, 0.25) is 0 Å². The monoisotopic (exact) mass is 532 g/mol. The number of nitrogens with one attached hydrogen (secondary N) is 2. The summed E-state index contributed by atoms with van der Waals surface area (Å²) in [4.78, 5) is 0. The van der Waals surface area contributed by atoms with Crippen LogP contribution in [0.2, 0.25) is 20.1 Å². The molecule has 0 aliphatic heterocycles. The third-order valence-electron chi connectivity index (χ3n) is 6.07. The van der Waals surface area contributed by atoms with Crippen molar-refractivity contribution >= 4 is 68.6 Å². The summed E-state index contributed by atoms with van der Waals surface area (Å²) in [6, 6.07) is 19.0. The maximum Gasteiger partial charge on any atom is 0.121 e. The number of hydrogen-bond acceptors (Lipinski definition) is 4. The Morgan fingerprint density at radius 1 is 0.618 bits per heavy atom. The zero-order chi connectivity index (χ0) is 24.0. The van der Waals surface area contributed by atoms with Gasteiger partial charge in [-0.25, -0.2) is 0 Å². The van der Waals surface area contributed by atoms with Gasteiger partial charge in [0, 0.05) is 24.3 Å². The zero-order valence-electron chi connectivity index (χ0n) is 18.3. The van der Waals surface area contributed by atoms with Gasteiger partial charge in [0.1, 0.15) is 11.5 Å². The van der Waals surface area contributed by atoms with Crippen molar-refractivity contribution < 1.29 is 9.47 Å². The first kappa shape index (κ1) is 23.3. The number of anilines is 2. The van der Waals surface area contributed by atoms with Crippen molar-refractivity contribution in [3.05, 3.63) is 91.9 Å². The molecule has 0 fully saturated rings. The summed E-state index contributed by atoms with van der Waals surface area (Å²) in [5, 5.41) is 11.3. The third-order valence-corrected chi connectivity index (χ3v) is 7.27. The van der Waals surface area contributed by atoms with Crippen LogP contribution in [0, 0.1) is 0 Å². The van der Waals surface area contributed by atoms with Gasteiger partial charge < -0.3 is 20.1 Å². The summed E-state index contributed by atoms with van der Waals surface area (Å²) in [7, 11) is 3.15. The van der Waals surface area contributed by atoms with Crippen molar-refractivity contribution in [2.45, 2.75) is 12.1 Å². The molecular formula is C26H20Cl4N2O2. The zero-order valence-corrected chi connectivity index (χ0v) is 21.3. The number of methoxy groups -OCH3 is 2. The Balaban J connectivity index is 1.62. The quantitative estimate of drug-likeness (QED) is 0.260. The van der Waals surface area contributed by atoms with Crippen molar-refractivity contribution in [3.63, 3.8) is 0 Å². The standard InChI is InChI=1S/C26H20Cl4N2O2/c1-33-14-9-18(27)25(19(28)10-14)31-23-16-7-3-5-13-6-4-8-17(22(13)16)24(23)32-26-20(29)11-15(34-2)12-21(26)30/h3-12,23-24,31-32H,1-2H3. The molecule has 2 unspecified atom stereocenters.